The van der Waals surface area contributed by atoms with Crippen LogP contribution in [0.25, 0.3) is 0 Å². The molecular weight excluding hydrogens is 274 g/mol. The van der Waals surface area contributed by atoms with Crippen molar-refractivity contribution in [1.82, 2.24) is 15.1 Å². The Kier molecular flexibility index (Phi) is 5.96. The van der Waals surface area contributed by atoms with Gasteiger partial charge in [-0.05, 0) is 12.8 Å². The second-order valence-electron chi connectivity index (χ2n) is 5.65. The Balaban J connectivity index is 2.07. The molecule has 2 amide bonds. The van der Waals surface area contributed by atoms with E-state index < -0.39 is 6.61 Å². The predicted molar refractivity (Wildman–Crippen MR) is 76.6 cm³/mol. The zero-order valence-electron chi connectivity index (χ0n) is 12.6. The second kappa shape index (κ2) is 7.72. The van der Waals surface area contributed by atoms with Crippen LogP contribution >= 0.6 is 0 Å². The highest BCUT2D eigenvalue weighted by Gasteiger charge is 2.32. The molecule has 0 aromatic rings. The molecule has 2 rings (SSSR count). The van der Waals surface area contributed by atoms with Crippen LogP contribution in [-0.4, -0.2) is 85.8 Å². The van der Waals surface area contributed by atoms with E-state index in [9.17, 15) is 9.59 Å². The van der Waals surface area contributed by atoms with Crippen LogP contribution in [0.5, 0.6) is 0 Å². The Morgan fingerprint density at radius 3 is 2.57 bits per heavy atom. The third kappa shape index (κ3) is 4.15. The molecule has 21 heavy (non-hydrogen) atoms. The normalized spacial score (nSPS) is 25.4. The molecule has 0 radical (unpaired) electrons. The third-order valence-corrected chi connectivity index (χ3v) is 4.37. The SMILES string of the molecule is CNC(=O)[C@H]1CN(C(=O)CO)CCN(C2CCOCC2)C1. The first-order chi connectivity index (χ1) is 10.2. The van der Waals surface area contributed by atoms with E-state index in [1.807, 2.05) is 0 Å². The highest BCUT2D eigenvalue weighted by molar-refractivity contribution is 5.81. The van der Waals surface area contributed by atoms with E-state index in [4.69, 9.17) is 9.84 Å². The van der Waals surface area contributed by atoms with E-state index in [1.54, 1.807) is 11.9 Å². The van der Waals surface area contributed by atoms with Gasteiger partial charge in [-0.2, -0.15) is 0 Å². The molecule has 0 aliphatic carbocycles. The summed E-state index contributed by atoms with van der Waals surface area (Å²) in [5.74, 6) is -0.613. The van der Waals surface area contributed by atoms with Gasteiger partial charge in [0.2, 0.25) is 11.8 Å². The molecule has 120 valence electrons. The summed E-state index contributed by atoms with van der Waals surface area (Å²) < 4.78 is 5.39. The molecule has 2 saturated heterocycles. The molecule has 2 heterocycles. The van der Waals surface area contributed by atoms with Gasteiger partial charge >= 0.3 is 0 Å². The van der Waals surface area contributed by atoms with Crippen LogP contribution in [0.2, 0.25) is 0 Å². The van der Waals surface area contributed by atoms with Crippen molar-refractivity contribution in [3.63, 3.8) is 0 Å². The van der Waals surface area contributed by atoms with Crippen LogP contribution in [0.4, 0.5) is 0 Å². The molecule has 0 spiro atoms. The molecule has 0 aromatic carbocycles. The molecule has 0 saturated carbocycles. The van der Waals surface area contributed by atoms with Crippen LogP contribution in [0.15, 0.2) is 0 Å². The molecule has 7 nitrogen and oxygen atoms in total. The minimum atomic E-state index is -0.502. The number of nitrogens with one attached hydrogen (secondary N) is 1. The summed E-state index contributed by atoms with van der Waals surface area (Å²) in [4.78, 5) is 27.7. The zero-order chi connectivity index (χ0) is 15.2. The number of amides is 2. The van der Waals surface area contributed by atoms with Gasteiger partial charge in [-0.15, -0.1) is 0 Å². The van der Waals surface area contributed by atoms with E-state index in [1.165, 1.54) is 0 Å². The highest BCUT2D eigenvalue weighted by Crippen LogP contribution is 2.19. The fraction of sp³-hybridized carbons (Fsp3) is 0.857. The van der Waals surface area contributed by atoms with Gasteiger partial charge in [0.1, 0.15) is 6.61 Å². The Labute approximate surface area is 125 Å². The lowest BCUT2D eigenvalue weighted by Crippen LogP contribution is -2.45. The highest BCUT2D eigenvalue weighted by atomic mass is 16.5. The maximum atomic E-state index is 12.0. The molecule has 1 atom stereocenters. The Morgan fingerprint density at radius 2 is 1.95 bits per heavy atom. The molecule has 0 bridgehead atoms. The van der Waals surface area contributed by atoms with Gasteiger partial charge in [-0.25, -0.2) is 0 Å². The lowest BCUT2D eigenvalue weighted by molar-refractivity contribution is -0.135. The largest absolute Gasteiger partial charge is 0.387 e. The fourth-order valence-corrected chi connectivity index (χ4v) is 3.12. The van der Waals surface area contributed by atoms with Crippen molar-refractivity contribution in [3.05, 3.63) is 0 Å². The summed E-state index contributed by atoms with van der Waals surface area (Å²) in [6, 6.07) is 0.412. The number of aliphatic hydroxyl groups is 1. The first-order valence-electron chi connectivity index (χ1n) is 7.57. The predicted octanol–water partition coefficient (Wildman–Crippen LogP) is -1.34. The number of aliphatic hydroxyl groups excluding tert-OH is 1. The van der Waals surface area contributed by atoms with Crippen LogP contribution in [0, 0.1) is 5.92 Å². The topological polar surface area (TPSA) is 82.1 Å². The Morgan fingerprint density at radius 1 is 1.24 bits per heavy atom. The van der Waals surface area contributed by atoms with Gasteiger partial charge in [-0.1, -0.05) is 0 Å². The number of carbonyl (C=O) groups excluding carboxylic acids is 2. The summed E-state index contributed by atoms with van der Waals surface area (Å²) >= 11 is 0. The summed E-state index contributed by atoms with van der Waals surface area (Å²) in [5, 5.41) is 11.7. The first-order valence-corrected chi connectivity index (χ1v) is 7.57. The van der Waals surface area contributed by atoms with Gasteiger partial charge < -0.3 is 20.1 Å². The minimum absolute atomic E-state index is 0.0512. The summed E-state index contributed by atoms with van der Waals surface area (Å²) in [6.07, 6.45) is 1.93. The van der Waals surface area contributed by atoms with Crippen LogP contribution in [0.1, 0.15) is 12.8 Å². The molecule has 2 aliphatic rings. The van der Waals surface area contributed by atoms with Crippen molar-refractivity contribution >= 4 is 11.8 Å². The maximum Gasteiger partial charge on any atom is 0.248 e. The number of rotatable bonds is 3. The molecule has 7 heteroatoms. The number of ether oxygens (including phenoxy) is 1. The van der Waals surface area contributed by atoms with Crippen molar-refractivity contribution < 1.29 is 19.4 Å². The lowest BCUT2D eigenvalue weighted by Gasteiger charge is -2.34. The quantitative estimate of drug-likeness (QED) is 0.674. The van der Waals surface area contributed by atoms with Crippen molar-refractivity contribution in [2.75, 3.05) is 53.0 Å². The molecular formula is C14H25N3O4. The van der Waals surface area contributed by atoms with Crippen LogP contribution in [0.3, 0.4) is 0 Å². The smallest absolute Gasteiger partial charge is 0.248 e. The van der Waals surface area contributed by atoms with Gasteiger partial charge in [0.15, 0.2) is 0 Å². The van der Waals surface area contributed by atoms with Crippen molar-refractivity contribution in [2.24, 2.45) is 5.92 Å². The Hall–Kier alpha value is -1.18. The molecule has 2 fully saturated rings. The van der Waals surface area contributed by atoms with Crippen molar-refractivity contribution in [2.45, 2.75) is 18.9 Å². The van der Waals surface area contributed by atoms with E-state index in [-0.39, 0.29) is 17.7 Å². The Bertz CT molecular complexity index is 371. The summed E-state index contributed by atoms with van der Waals surface area (Å²) in [6.45, 7) is 3.33. The number of carbonyl (C=O) groups is 2. The van der Waals surface area contributed by atoms with E-state index in [0.29, 0.717) is 25.7 Å². The average molecular weight is 299 g/mol. The van der Waals surface area contributed by atoms with E-state index >= 15 is 0 Å². The number of hydrogen-bond acceptors (Lipinski definition) is 5. The van der Waals surface area contributed by atoms with Crippen LogP contribution in [-0.2, 0) is 14.3 Å². The monoisotopic (exact) mass is 299 g/mol. The third-order valence-electron chi connectivity index (χ3n) is 4.37. The standard InChI is InChI=1S/C14H25N3O4/c1-15-14(20)11-8-16(12-2-6-21-7-3-12)4-5-17(9-11)13(19)10-18/h11-12,18H,2-10H2,1H3,(H,15,20)/t11-/m1/s1. The lowest BCUT2D eigenvalue weighted by atomic mass is 10.0. The van der Waals surface area contributed by atoms with E-state index in [2.05, 4.69) is 10.2 Å². The van der Waals surface area contributed by atoms with E-state index in [0.717, 1.165) is 32.6 Å². The van der Waals surface area contributed by atoms with Gasteiger partial charge in [0.05, 0.1) is 5.92 Å². The number of hydrogen-bond donors (Lipinski definition) is 2. The van der Waals surface area contributed by atoms with Crippen LogP contribution < -0.4 is 5.32 Å². The summed E-state index contributed by atoms with van der Waals surface area (Å²) in [5.41, 5.74) is 0. The molecule has 2 N–H and O–H groups in total. The second-order valence-corrected chi connectivity index (χ2v) is 5.65. The first kappa shape index (κ1) is 16.2. The average Bonchev–Trinajstić information content (AvgIpc) is 2.77. The number of nitrogens with zero attached hydrogens (tertiary/aromatic N) is 2. The van der Waals surface area contributed by atoms with Gasteiger partial charge in [0, 0.05) is 52.5 Å². The van der Waals surface area contributed by atoms with Crippen molar-refractivity contribution in [3.8, 4) is 0 Å². The fourth-order valence-electron chi connectivity index (χ4n) is 3.12. The molecule has 0 unspecified atom stereocenters. The minimum Gasteiger partial charge on any atom is -0.387 e. The van der Waals surface area contributed by atoms with Gasteiger partial charge in [-0.3, -0.25) is 14.5 Å². The van der Waals surface area contributed by atoms with Gasteiger partial charge in [0.25, 0.3) is 0 Å². The maximum absolute atomic E-state index is 12.0. The summed E-state index contributed by atoms with van der Waals surface area (Å²) in [7, 11) is 1.62. The molecule has 2 aliphatic heterocycles. The van der Waals surface area contributed by atoms with Crippen molar-refractivity contribution in [1.29, 1.82) is 0 Å². The molecule has 0 aromatic heterocycles. The zero-order valence-corrected chi connectivity index (χ0v) is 12.6.